The van der Waals surface area contributed by atoms with E-state index < -0.39 is 5.60 Å². The molecule has 1 aromatic heterocycles. The maximum atomic E-state index is 9.38. The molecule has 1 N–H and O–H groups in total. The Morgan fingerprint density at radius 3 is 2.73 bits per heavy atom. The molecule has 0 aliphatic heterocycles. The van der Waals surface area contributed by atoms with Gasteiger partial charge >= 0.3 is 0 Å². The Morgan fingerprint density at radius 1 is 1.55 bits per heavy atom. The summed E-state index contributed by atoms with van der Waals surface area (Å²) < 4.78 is 1.82. The summed E-state index contributed by atoms with van der Waals surface area (Å²) in [6, 6.07) is 1.88. The van der Waals surface area contributed by atoms with Gasteiger partial charge in [0.15, 0.2) is 0 Å². The molecule has 0 bridgehead atoms. The van der Waals surface area contributed by atoms with Crippen LogP contribution in [0.1, 0.15) is 20.3 Å². The molecule has 0 saturated heterocycles. The maximum Gasteiger partial charge on any atom is 0.0609 e. The number of hydrogen-bond donors (Lipinski definition) is 1. The molecule has 0 unspecified atom stereocenters. The molecule has 0 saturated carbocycles. The lowest BCUT2D eigenvalue weighted by Gasteiger charge is -2.16. The molecule has 0 amide bonds. The van der Waals surface area contributed by atoms with E-state index in [4.69, 9.17) is 0 Å². The van der Waals surface area contributed by atoms with Crippen LogP contribution in [-0.2, 0) is 6.54 Å². The fraction of sp³-hybridized carbons (Fsp3) is 0.625. The zero-order valence-electron chi connectivity index (χ0n) is 6.99. The summed E-state index contributed by atoms with van der Waals surface area (Å²) in [4.78, 5) is 0. The monoisotopic (exact) mass is 154 g/mol. The van der Waals surface area contributed by atoms with Gasteiger partial charge in [-0.25, -0.2) is 0 Å². The highest BCUT2D eigenvalue weighted by atomic mass is 16.3. The molecule has 1 aromatic rings. The zero-order valence-corrected chi connectivity index (χ0v) is 6.99. The zero-order chi connectivity index (χ0) is 8.32. The Labute approximate surface area is 66.7 Å². The van der Waals surface area contributed by atoms with E-state index in [1.807, 2.05) is 16.9 Å². The maximum absolute atomic E-state index is 9.38. The van der Waals surface area contributed by atoms with E-state index >= 15 is 0 Å². The minimum Gasteiger partial charge on any atom is -0.390 e. The van der Waals surface area contributed by atoms with Gasteiger partial charge in [-0.15, -0.1) is 0 Å². The van der Waals surface area contributed by atoms with Crippen LogP contribution in [0.4, 0.5) is 0 Å². The van der Waals surface area contributed by atoms with Crippen molar-refractivity contribution < 1.29 is 5.11 Å². The molecule has 0 fully saturated rings. The molecule has 1 heterocycles. The van der Waals surface area contributed by atoms with Crippen LogP contribution in [0.5, 0.6) is 0 Å². The second kappa shape index (κ2) is 3.05. The van der Waals surface area contributed by atoms with Gasteiger partial charge in [0.2, 0.25) is 0 Å². The second-order valence-corrected chi connectivity index (χ2v) is 3.33. The number of hydrogen-bond acceptors (Lipinski definition) is 2. The van der Waals surface area contributed by atoms with Crippen LogP contribution in [0.25, 0.3) is 0 Å². The van der Waals surface area contributed by atoms with Gasteiger partial charge in [0, 0.05) is 18.9 Å². The molecule has 3 nitrogen and oxygen atoms in total. The standard InChI is InChI=1S/C8H14N2O/c1-8(2,11)4-7-10-6-3-5-9-10/h3,5-6,11H,4,7H2,1-2H3. The average molecular weight is 154 g/mol. The van der Waals surface area contributed by atoms with E-state index in [2.05, 4.69) is 5.10 Å². The van der Waals surface area contributed by atoms with Gasteiger partial charge in [-0.05, 0) is 26.3 Å². The molecule has 0 spiro atoms. The smallest absolute Gasteiger partial charge is 0.0609 e. The van der Waals surface area contributed by atoms with Crippen molar-refractivity contribution >= 4 is 0 Å². The van der Waals surface area contributed by atoms with Crippen molar-refractivity contribution in [2.45, 2.75) is 32.4 Å². The van der Waals surface area contributed by atoms with E-state index in [1.54, 1.807) is 20.0 Å². The molecule has 0 atom stereocenters. The largest absolute Gasteiger partial charge is 0.390 e. The summed E-state index contributed by atoms with van der Waals surface area (Å²) in [5, 5.41) is 13.4. The van der Waals surface area contributed by atoms with Crippen molar-refractivity contribution in [2.75, 3.05) is 0 Å². The third kappa shape index (κ3) is 3.18. The summed E-state index contributed by atoms with van der Waals surface area (Å²) in [5.41, 5.74) is -0.591. The summed E-state index contributed by atoms with van der Waals surface area (Å²) in [6.45, 7) is 4.38. The first kappa shape index (κ1) is 8.27. The van der Waals surface area contributed by atoms with Crippen molar-refractivity contribution in [1.29, 1.82) is 0 Å². The van der Waals surface area contributed by atoms with Gasteiger partial charge < -0.3 is 5.11 Å². The van der Waals surface area contributed by atoms with Crippen molar-refractivity contribution in [3.05, 3.63) is 18.5 Å². The molecular formula is C8H14N2O. The summed E-state index contributed by atoms with van der Waals surface area (Å²) in [6.07, 6.45) is 4.37. The third-order valence-electron chi connectivity index (χ3n) is 1.51. The fourth-order valence-corrected chi connectivity index (χ4v) is 0.821. The van der Waals surface area contributed by atoms with E-state index in [0.29, 0.717) is 0 Å². The Hall–Kier alpha value is -0.830. The number of rotatable bonds is 3. The van der Waals surface area contributed by atoms with Crippen molar-refractivity contribution in [2.24, 2.45) is 0 Å². The molecule has 0 aliphatic carbocycles. The van der Waals surface area contributed by atoms with Crippen LogP contribution in [0.15, 0.2) is 18.5 Å². The van der Waals surface area contributed by atoms with E-state index in [0.717, 1.165) is 13.0 Å². The van der Waals surface area contributed by atoms with Gasteiger partial charge in [-0.1, -0.05) is 0 Å². The highest BCUT2D eigenvalue weighted by Gasteiger charge is 2.11. The van der Waals surface area contributed by atoms with E-state index in [9.17, 15) is 5.11 Å². The molecule has 0 aromatic carbocycles. The Bertz CT molecular complexity index is 198. The molecule has 0 radical (unpaired) electrons. The van der Waals surface area contributed by atoms with Crippen molar-refractivity contribution in [3.8, 4) is 0 Å². The lowest BCUT2D eigenvalue weighted by atomic mass is 10.1. The van der Waals surface area contributed by atoms with Crippen LogP contribution < -0.4 is 0 Å². The third-order valence-corrected chi connectivity index (χ3v) is 1.51. The minimum absolute atomic E-state index is 0.591. The first-order valence-electron chi connectivity index (χ1n) is 3.78. The van der Waals surface area contributed by atoms with Crippen LogP contribution in [-0.4, -0.2) is 20.5 Å². The SMILES string of the molecule is CC(C)(O)CCn1cccn1. The lowest BCUT2D eigenvalue weighted by molar-refractivity contribution is 0.0651. The van der Waals surface area contributed by atoms with Crippen molar-refractivity contribution in [3.63, 3.8) is 0 Å². The topological polar surface area (TPSA) is 38.0 Å². The van der Waals surface area contributed by atoms with E-state index in [-0.39, 0.29) is 0 Å². The highest BCUT2D eigenvalue weighted by Crippen LogP contribution is 2.07. The van der Waals surface area contributed by atoms with Gasteiger partial charge in [0.05, 0.1) is 5.60 Å². The predicted molar refractivity (Wildman–Crippen MR) is 43.1 cm³/mol. The highest BCUT2D eigenvalue weighted by molar-refractivity contribution is 4.78. The minimum atomic E-state index is -0.591. The summed E-state index contributed by atoms with van der Waals surface area (Å²) in [5.74, 6) is 0. The fourth-order valence-electron chi connectivity index (χ4n) is 0.821. The molecule has 62 valence electrons. The number of aryl methyl sites for hydroxylation is 1. The lowest BCUT2D eigenvalue weighted by Crippen LogP contribution is -2.21. The molecular weight excluding hydrogens is 140 g/mol. The Morgan fingerprint density at radius 2 is 2.27 bits per heavy atom. The average Bonchev–Trinajstić information content (AvgIpc) is 2.32. The van der Waals surface area contributed by atoms with Crippen molar-refractivity contribution in [1.82, 2.24) is 9.78 Å². The number of aliphatic hydroxyl groups is 1. The van der Waals surface area contributed by atoms with Gasteiger partial charge in [-0.3, -0.25) is 4.68 Å². The van der Waals surface area contributed by atoms with Crippen LogP contribution >= 0.6 is 0 Å². The number of nitrogens with zero attached hydrogens (tertiary/aromatic N) is 2. The Kier molecular flexibility index (Phi) is 2.29. The molecule has 0 aliphatic rings. The first-order valence-corrected chi connectivity index (χ1v) is 3.78. The van der Waals surface area contributed by atoms with Gasteiger partial charge in [0.1, 0.15) is 0 Å². The molecule has 1 rings (SSSR count). The van der Waals surface area contributed by atoms with Crippen LogP contribution in [0, 0.1) is 0 Å². The normalized spacial score (nSPS) is 11.9. The predicted octanol–water partition coefficient (Wildman–Crippen LogP) is 1.04. The van der Waals surface area contributed by atoms with E-state index in [1.165, 1.54) is 0 Å². The quantitative estimate of drug-likeness (QED) is 0.706. The summed E-state index contributed by atoms with van der Waals surface area (Å²) >= 11 is 0. The van der Waals surface area contributed by atoms with Gasteiger partial charge in [0.25, 0.3) is 0 Å². The second-order valence-electron chi connectivity index (χ2n) is 3.33. The van der Waals surface area contributed by atoms with Crippen LogP contribution in [0.3, 0.4) is 0 Å². The Balaban J connectivity index is 2.35. The molecule has 3 heteroatoms. The van der Waals surface area contributed by atoms with Crippen LogP contribution in [0.2, 0.25) is 0 Å². The number of aromatic nitrogens is 2. The molecule has 11 heavy (non-hydrogen) atoms. The van der Waals surface area contributed by atoms with Gasteiger partial charge in [-0.2, -0.15) is 5.10 Å². The summed E-state index contributed by atoms with van der Waals surface area (Å²) in [7, 11) is 0. The first-order chi connectivity index (χ1) is 5.08.